The van der Waals surface area contributed by atoms with Gasteiger partial charge < -0.3 is 5.32 Å². The van der Waals surface area contributed by atoms with E-state index in [1.54, 1.807) is 41.8 Å². The van der Waals surface area contributed by atoms with Gasteiger partial charge in [-0.1, -0.05) is 0 Å². The van der Waals surface area contributed by atoms with E-state index in [2.05, 4.69) is 33.3 Å². The van der Waals surface area contributed by atoms with E-state index in [9.17, 15) is 4.79 Å². The molecule has 0 atom stereocenters. The van der Waals surface area contributed by atoms with Gasteiger partial charge in [-0.15, -0.1) is 23.1 Å². The van der Waals surface area contributed by atoms with Crippen LogP contribution in [0.5, 0.6) is 0 Å². The highest BCUT2D eigenvalue weighted by Gasteiger charge is 2.08. The predicted molar refractivity (Wildman–Crippen MR) is 93.6 cm³/mol. The molecule has 1 amide bonds. The molecule has 0 aliphatic rings. The maximum absolute atomic E-state index is 11.9. The summed E-state index contributed by atoms with van der Waals surface area (Å²) < 4.78 is 0. The van der Waals surface area contributed by atoms with Gasteiger partial charge in [0.25, 0.3) is 0 Å². The molecular formula is C16H16N4OS2. The van der Waals surface area contributed by atoms with Gasteiger partial charge in [0.15, 0.2) is 0 Å². The van der Waals surface area contributed by atoms with Crippen molar-refractivity contribution in [3.05, 3.63) is 47.4 Å². The third-order valence-corrected chi connectivity index (χ3v) is 5.19. The molecule has 0 saturated carbocycles. The number of pyridine rings is 1. The highest BCUT2D eigenvalue weighted by Crippen LogP contribution is 2.30. The summed E-state index contributed by atoms with van der Waals surface area (Å²) in [4.78, 5) is 26.7. The van der Waals surface area contributed by atoms with Gasteiger partial charge in [-0.3, -0.25) is 9.78 Å². The number of thioether (sulfide) groups is 1. The predicted octanol–water partition coefficient (Wildman–Crippen LogP) is 3.19. The number of aryl methyl sites for hydroxylation is 1. The highest BCUT2D eigenvalue weighted by molar-refractivity contribution is 7.99. The SMILES string of the molecule is Cc1cc2c(SCCC(=O)NCc3ccncc3)ncnc2s1. The van der Waals surface area contributed by atoms with Crippen LogP contribution in [0.3, 0.4) is 0 Å². The van der Waals surface area contributed by atoms with Crippen LogP contribution in [-0.4, -0.2) is 26.6 Å². The molecule has 0 unspecified atom stereocenters. The molecule has 0 fully saturated rings. The zero-order valence-electron chi connectivity index (χ0n) is 12.7. The standard InChI is InChI=1S/C16H16N4OS2/c1-11-8-13-15(19-10-20-16(13)23-11)22-7-4-14(21)18-9-12-2-5-17-6-3-12/h2-3,5-6,8,10H,4,7,9H2,1H3,(H,18,21). The minimum atomic E-state index is 0.0427. The first-order valence-electron chi connectivity index (χ1n) is 7.22. The van der Waals surface area contributed by atoms with Gasteiger partial charge >= 0.3 is 0 Å². The summed E-state index contributed by atoms with van der Waals surface area (Å²) in [5.41, 5.74) is 1.05. The normalized spacial score (nSPS) is 10.8. The van der Waals surface area contributed by atoms with E-state index in [0.29, 0.717) is 18.7 Å². The molecule has 0 saturated heterocycles. The van der Waals surface area contributed by atoms with Crippen LogP contribution in [0.15, 0.2) is 41.9 Å². The van der Waals surface area contributed by atoms with Gasteiger partial charge in [-0.25, -0.2) is 9.97 Å². The van der Waals surface area contributed by atoms with Crippen molar-refractivity contribution in [1.82, 2.24) is 20.3 Å². The quantitative estimate of drug-likeness (QED) is 0.549. The van der Waals surface area contributed by atoms with Gasteiger partial charge in [0, 0.05) is 41.4 Å². The molecule has 0 bridgehead atoms. The van der Waals surface area contributed by atoms with Crippen LogP contribution in [0.4, 0.5) is 0 Å². The second-order valence-corrected chi connectivity index (χ2v) is 7.30. The number of amides is 1. The van der Waals surface area contributed by atoms with Crippen LogP contribution in [0.25, 0.3) is 10.2 Å². The summed E-state index contributed by atoms with van der Waals surface area (Å²) in [5.74, 6) is 0.740. The third-order valence-electron chi connectivity index (χ3n) is 3.22. The summed E-state index contributed by atoms with van der Waals surface area (Å²) in [6, 6.07) is 5.89. The lowest BCUT2D eigenvalue weighted by Gasteiger charge is -2.05. The fourth-order valence-electron chi connectivity index (χ4n) is 2.10. The zero-order chi connectivity index (χ0) is 16.1. The fourth-order valence-corrected chi connectivity index (χ4v) is 3.92. The number of nitrogens with zero attached hydrogens (tertiary/aromatic N) is 3. The van der Waals surface area contributed by atoms with E-state index < -0.39 is 0 Å². The Balaban J connectivity index is 1.49. The minimum Gasteiger partial charge on any atom is -0.352 e. The van der Waals surface area contributed by atoms with Crippen LogP contribution in [0, 0.1) is 6.92 Å². The lowest BCUT2D eigenvalue weighted by molar-refractivity contribution is -0.120. The van der Waals surface area contributed by atoms with Gasteiger partial charge in [-0.2, -0.15) is 0 Å². The summed E-state index contributed by atoms with van der Waals surface area (Å²) in [6.45, 7) is 2.60. The summed E-state index contributed by atoms with van der Waals surface area (Å²) in [6.07, 6.45) is 5.50. The Kier molecular flexibility index (Phi) is 5.19. The summed E-state index contributed by atoms with van der Waals surface area (Å²) in [7, 11) is 0. The molecule has 0 radical (unpaired) electrons. The van der Waals surface area contributed by atoms with Crippen molar-refractivity contribution >= 4 is 39.2 Å². The Bertz CT molecular complexity index is 804. The molecule has 3 rings (SSSR count). The van der Waals surface area contributed by atoms with Crippen molar-refractivity contribution in [2.24, 2.45) is 0 Å². The number of hydrogen-bond donors (Lipinski definition) is 1. The maximum Gasteiger partial charge on any atom is 0.221 e. The first kappa shape index (κ1) is 15.9. The number of thiophene rings is 1. The van der Waals surface area contributed by atoms with E-state index in [-0.39, 0.29) is 5.91 Å². The molecule has 1 N–H and O–H groups in total. The molecule has 3 aromatic heterocycles. The lowest BCUT2D eigenvalue weighted by Crippen LogP contribution is -2.22. The van der Waals surface area contributed by atoms with Crippen molar-refractivity contribution in [3.8, 4) is 0 Å². The largest absolute Gasteiger partial charge is 0.352 e. The summed E-state index contributed by atoms with van der Waals surface area (Å²) >= 11 is 3.26. The topological polar surface area (TPSA) is 67.8 Å². The zero-order valence-corrected chi connectivity index (χ0v) is 14.3. The number of aromatic nitrogens is 3. The number of rotatable bonds is 6. The Hall–Kier alpha value is -1.99. The van der Waals surface area contributed by atoms with E-state index in [1.807, 2.05) is 12.1 Å². The molecule has 0 aromatic carbocycles. The number of fused-ring (bicyclic) bond motifs is 1. The van der Waals surface area contributed by atoms with E-state index in [1.165, 1.54) is 4.88 Å². The van der Waals surface area contributed by atoms with E-state index >= 15 is 0 Å². The molecule has 7 heteroatoms. The third kappa shape index (κ3) is 4.27. The molecule has 5 nitrogen and oxygen atoms in total. The Morgan fingerprint density at radius 2 is 2.13 bits per heavy atom. The van der Waals surface area contributed by atoms with Gasteiger partial charge in [0.1, 0.15) is 16.2 Å². The average molecular weight is 344 g/mol. The van der Waals surface area contributed by atoms with Crippen molar-refractivity contribution in [3.63, 3.8) is 0 Å². The van der Waals surface area contributed by atoms with Crippen LogP contribution < -0.4 is 5.32 Å². The molecule has 0 spiro atoms. The van der Waals surface area contributed by atoms with Gasteiger partial charge in [0.05, 0.1) is 0 Å². The molecular weight excluding hydrogens is 328 g/mol. The van der Waals surface area contributed by atoms with Crippen LogP contribution in [0.1, 0.15) is 16.9 Å². The Labute approximate surface area is 142 Å². The number of carbonyl (C=O) groups is 1. The number of nitrogens with one attached hydrogen (secondary N) is 1. The second-order valence-electron chi connectivity index (χ2n) is 4.99. The molecule has 3 aromatic rings. The summed E-state index contributed by atoms with van der Waals surface area (Å²) in [5, 5.41) is 4.94. The molecule has 0 aliphatic heterocycles. The van der Waals surface area contributed by atoms with Gasteiger partial charge in [0.2, 0.25) is 5.91 Å². The smallest absolute Gasteiger partial charge is 0.221 e. The first-order valence-corrected chi connectivity index (χ1v) is 9.02. The van der Waals surface area contributed by atoms with E-state index in [4.69, 9.17) is 0 Å². The Morgan fingerprint density at radius 1 is 1.30 bits per heavy atom. The number of carbonyl (C=O) groups excluding carboxylic acids is 1. The van der Waals surface area contributed by atoms with Crippen LogP contribution >= 0.6 is 23.1 Å². The number of hydrogen-bond acceptors (Lipinski definition) is 6. The van der Waals surface area contributed by atoms with Crippen molar-refractivity contribution in [1.29, 1.82) is 0 Å². The molecule has 3 heterocycles. The Morgan fingerprint density at radius 3 is 2.96 bits per heavy atom. The van der Waals surface area contributed by atoms with Gasteiger partial charge in [-0.05, 0) is 30.7 Å². The van der Waals surface area contributed by atoms with Crippen molar-refractivity contribution in [2.75, 3.05) is 5.75 Å². The minimum absolute atomic E-state index is 0.0427. The van der Waals surface area contributed by atoms with Crippen LogP contribution in [0.2, 0.25) is 0 Å². The van der Waals surface area contributed by atoms with Crippen LogP contribution in [-0.2, 0) is 11.3 Å². The average Bonchev–Trinajstić information content (AvgIpc) is 2.95. The molecule has 0 aliphatic carbocycles. The monoisotopic (exact) mass is 344 g/mol. The highest BCUT2D eigenvalue weighted by atomic mass is 32.2. The van der Waals surface area contributed by atoms with Crippen molar-refractivity contribution < 1.29 is 4.79 Å². The lowest BCUT2D eigenvalue weighted by atomic mass is 10.2. The molecule has 118 valence electrons. The van der Waals surface area contributed by atoms with E-state index in [0.717, 1.165) is 20.8 Å². The fraction of sp³-hybridized carbons (Fsp3) is 0.250. The second kappa shape index (κ2) is 7.52. The van der Waals surface area contributed by atoms with Crippen molar-refractivity contribution in [2.45, 2.75) is 24.9 Å². The maximum atomic E-state index is 11.9. The first-order chi connectivity index (χ1) is 11.2. The molecule has 23 heavy (non-hydrogen) atoms.